The molecule has 5 nitrogen and oxygen atoms in total. The number of methoxy groups -OCH3 is 1. The quantitative estimate of drug-likeness (QED) is 0.875. The van der Waals surface area contributed by atoms with E-state index in [1.54, 1.807) is 11.8 Å². The minimum atomic E-state index is 0.0569. The van der Waals surface area contributed by atoms with Gasteiger partial charge in [0, 0.05) is 13.6 Å². The molecule has 0 saturated carbocycles. The molecule has 1 aliphatic heterocycles. The average molecular weight is 299 g/mol. The van der Waals surface area contributed by atoms with Gasteiger partial charge in [-0.2, -0.15) is 5.10 Å². The second-order valence-corrected chi connectivity index (χ2v) is 5.72. The number of nitrogens with zero attached hydrogens (tertiary/aromatic N) is 3. The molecule has 3 rings (SSSR count). The van der Waals surface area contributed by atoms with E-state index >= 15 is 0 Å². The van der Waals surface area contributed by atoms with Crippen molar-refractivity contribution >= 4 is 5.91 Å². The fraction of sp³-hybridized carbons (Fsp3) is 0.412. The fourth-order valence-electron chi connectivity index (χ4n) is 3.14. The third kappa shape index (κ3) is 2.58. The highest BCUT2D eigenvalue weighted by Gasteiger charge is 2.31. The Labute approximate surface area is 130 Å². The molecule has 0 N–H and O–H groups in total. The van der Waals surface area contributed by atoms with Crippen LogP contribution in [0.2, 0.25) is 0 Å². The molecule has 1 fully saturated rings. The zero-order valence-electron chi connectivity index (χ0n) is 13.2. The van der Waals surface area contributed by atoms with Gasteiger partial charge in [-0.15, -0.1) is 0 Å². The molecule has 0 aliphatic carbocycles. The SMILES string of the molecule is COc1ccc([C@H]2CCCN2C(=O)c2cc(C)nn2C)cc1. The van der Waals surface area contributed by atoms with Crippen LogP contribution in [-0.2, 0) is 7.05 Å². The number of hydrogen-bond donors (Lipinski definition) is 0. The van der Waals surface area contributed by atoms with Gasteiger partial charge in [-0.1, -0.05) is 12.1 Å². The summed E-state index contributed by atoms with van der Waals surface area (Å²) in [5.74, 6) is 0.892. The van der Waals surface area contributed by atoms with E-state index in [0.29, 0.717) is 5.69 Å². The van der Waals surface area contributed by atoms with E-state index in [4.69, 9.17) is 4.74 Å². The van der Waals surface area contributed by atoms with Crippen molar-refractivity contribution in [2.75, 3.05) is 13.7 Å². The van der Waals surface area contributed by atoms with Gasteiger partial charge in [-0.3, -0.25) is 9.48 Å². The molecule has 1 saturated heterocycles. The first-order valence-corrected chi connectivity index (χ1v) is 7.55. The summed E-state index contributed by atoms with van der Waals surface area (Å²) in [4.78, 5) is 14.8. The van der Waals surface area contributed by atoms with Crippen LogP contribution in [0.5, 0.6) is 5.75 Å². The molecule has 1 aromatic carbocycles. The van der Waals surface area contributed by atoms with Crippen LogP contribution >= 0.6 is 0 Å². The van der Waals surface area contributed by atoms with Crippen molar-refractivity contribution in [3.05, 3.63) is 47.3 Å². The molecule has 1 aromatic heterocycles. The molecule has 0 spiro atoms. The predicted octanol–water partition coefficient (Wildman–Crippen LogP) is 2.71. The number of rotatable bonds is 3. The molecule has 5 heteroatoms. The highest BCUT2D eigenvalue weighted by molar-refractivity contribution is 5.93. The van der Waals surface area contributed by atoms with E-state index < -0.39 is 0 Å². The molecule has 1 amide bonds. The second-order valence-electron chi connectivity index (χ2n) is 5.72. The lowest BCUT2D eigenvalue weighted by Gasteiger charge is -2.25. The molecule has 0 radical (unpaired) electrons. The normalized spacial score (nSPS) is 17.8. The summed E-state index contributed by atoms with van der Waals surface area (Å²) >= 11 is 0. The van der Waals surface area contributed by atoms with Gasteiger partial charge in [-0.25, -0.2) is 0 Å². The number of carbonyl (C=O) groups excluding carboxylic acids is 1. The Kier molecular flexibility index (Phi) is 3.88. The predicted molar refractivity (Wildman–Crippen MR) is 84.0 cm³/mol. The minimum Gasteiger partial charge on any atom is -0.497 e. The summed E-state index contributed by atoms with van der Waals surface area (Å²) in [6.07, 6.45) is 2.02. The number of benzene rings is 1. The Balaban J connectivity index is 1.86. The van der Waals surface area contributed by atoms with E-state index in [2.05, 4.69) is 5.10 Å². The Morgan fingerprint density at radius 2 is 2.05 bits per heavy atom. The summed E-state index contributed by atoms with van der Waals surface area (Å²) in [6.45, 7) is 2.70. The van der Waals surface area contributed by atoms with Crippen LogP contribution in [0.4, 0.5) is 0 Å². The van der Waals surface area contributed by atoms with Gasteiger partial charge in [0.25, 0.3) is 5.91 Å². The summed E-state index contributed by atoms with van der Waals surface area (Å²) in [5, 5.41) is 4.28. The maximum Gasteiger partial charge on any atom is 0.272 e. The van der Waals surface area contributed by atoms with Gasteiger partial charge in [0.2, 0.25) is 0 Å². The standard InChI is InChI=1S/C17H21N3O2/c1-12-11-16(19(2)18-12)17(21)20-10-4-5-15(20)13-6-8-14(22-3)9-7-13/h6-9,11,15H,4-5,10H2,1-3H3/t15-/m1/s1. The Morgan fingerprint density at radius 1 is 1.32 bits per heavy atom. The topological polar surface area (TPSA) is 47.4 Å². The number of carbonyl (C=O) groups is 1. The molecular formula is C17H21N3O2. The second kappa shape index (κ2) is 5.83. The van der Waals surface area contributed by atoms with Crippen molar-refractivity contribution in [3.63, 3.8) is 0 Å². The summed E-state index contributed by atoms with van der Waals surface area (Å²) < 4.78 is 6.87. The lowest BCUT2D eigenvalue weighted by molar-refractivity contribution is 0.0724. The van der Waals surface area contributed by atoms with Gasteiger partial charge < -0.3 is 9.64 Å². The van der Waals surface area contributed by atoms with E-state index in [9.17, 15) is 4.79 Å². The van der Waals surface area contributed by atoms with Crippen LogP contribution in [0.1, 0.15) is 40.6 Å². The molecule has 2 aromatic rings. The van der Waals surface area contributed by atoms with Gasteiger partial charge in [0.15, 0.2) is 0 Å². The van der Waals surface area contributed by atoms with E-state index in [-0.39, 0.29) is 11.9 Å². The molecule has 116 valence electrons. The van der Waals surface area contributed by atoms with Crippen molar-refractivity contribution in [2.24, 2.45) is 7.05 Å². The molecule has 1 atom stereocenters. The van der Waals surface area contributed by atoms with Crippen LogP contribution in [0.3, 0.4) is 0 Å². The zero-order chi connectivity index (χ0) is 15.7. The van der Waals surface area contributed by atoms with Gasteiger partial charge in [-0.05, 0) is 43.5 Å². The first-order valence-electron chi connectivity index (χ1n) is 7.55. The van der Waals surface area contributed by atoms with Crippen LogP contribution in [-0.4, -0.2) is 34.2 Å². The van der Waals surface area contributed by atoms with E-state index in [0.717, 1.165) is 36.4 Å². The number of likely N-dealkylation sites (tertiary alicyclic amines) is 1. The highest BCUT2D eigenvalue weighted by atomic mass is 16.5. The van der Waals surface area contributed by atoms with Gasteiger partial charge >= 0.3 is 0 Å². The highest BCUT2D eigenvalue weighted by Crippen LogP contribution is 2.33. The number of aromatic nitrogens is 2. The van der Waals surface area contributed by atoms with Crippen molar-refractivity contribution in [3.8, 4) is 5.75 Å². The first-order chi connectivity index (χ1) is 10.6. The zero-order valence-corrected chi connectivity index (χ0v) is 13.2. The maximum atomic E-state index is 12.8. The third-order valence-corrected chi connectivity index (χ3v) is 4.24. The number of ether oxygens (including phenoxy) is 1. The van der Waals surface area contributed by atoms with E-state index in [1.807, 2.05) is 49.2 Å². The number of aryl methyl sites for hydroxylation is 2. The summed E-state index contributed by atoms with van der Waals surface area (Å²) in [5.41, 5.74) is 2.68. The largest absolute Gasteiger partial charge is 0.497 e. The Bertz CT molecular complexity index is 676. The number of amides is 1. The Hall–Kier alpha value is -2.30. The summed E-state index contributed by atoms with van der Waals surface area (Å²) in [7, 11) is 3.48. The smallest absolute Gasteiger partial charge is 0.272 e. The lowest BCUT2D eigenvalue weighted by atomic mass is 10.0. The van der Waals surface area contributed by atoms with Crippen LogP contribution < -0.4 is 4.74 Å². The number of hydrogen-bond acceptors (Lipinski definition) is 3. The summed E-state index contributed by atoms with van der Waals surface area (Å²) in [6, 6.07) is 9.97. The van der Waals surface area contributed by atoms with Crippen molar-refractivity contribution < 1.29 is 9.53 Å². The fourth-order valence-corrected chi connectivity index (χ4v) is 3.14. The molecule has 0 bridgehead atoms. The van der Waals surface area contributed by atoms with E-state index in [1.165, 1.54) is 0 Å². The van der Waals surface area contributed by atoms with Crippen molar-refractivity contribution in [1.29, 1.82) is 0 Å². The Morgan fingerprint density at radius 3 is 2.64 bits per heavy atom. The molecule has 1 aliphatic rings. The van der Waals surface area contributed by atoms with Crippen LogP contribution in [0.25, 0.3) is 0 Å². The molecule has 2 heterocycles. The third-order valence-electron chi connectivity index (χ3n) is 4.24. The molecular weight excluding hydrogens is 278 g/mol. The lowest BCUT2D eigenvalue weighted by Crippen LogP contribution is -2.32. The molecule has 22 heavy (non-hydrogen) atoms. The van der Waals surface area contributed by atoms with Crippen LogP contribution in [0, 0.1) is 6.92 Å². The molecule has 0 unspecified atom stereocenters. The van der Waals surface area contributed by atoms with Gasteiger partial charge in [0.05, 0.1) is 18.8 Å². The monoisotopic (exact) mass is 299 g/mol. The van der Waals surface area contributed by atoms with Gasteiger partial charge in [0.1, 0.15) is 11.4 Å². The van der Waals surface area contributed by atoms with Crippen molar-refractivity contribution in [2.45, 2.75) is 25.8 Å². The maximum absolute atomic E-state index is 12.8. The average Bonchev–Trinajstić information content (AvgIpc) is 3.13. The minimum absolute atomic E-state index is 0.0569. The van der Waals surface area contributed by atoms with Crippen LogP contribution in [0.15, 0.2) is 30.3 Å². The van der Waals surface area contributed by atoms with Crippen molar-refractivity contribution in [1.82, 2.24) is 14.7 Å². The first kappa shape index (κ1) is 14.6.